The highest BCUT2D eigenvalue weighted by molar-refractivity contribution is 14.1. The van der Waals surface area contributed by atoms with Crippen LogP contribution in [0.25, 0.3) is 0 Å². The van der Waals surface area contributed by atoms with Crippen molar-refractivity contribution in [3.8, 4) is 11.5 Å². The molecule has 0 atom stereocenters. The van der Waals surface area contributed by atoms with Crippen LogP contribution < -0.4 is 9.47 Å². The van der Waals surface area contributed by atoms with Gasteiger partial charge in [0.1, 0.15) is 0 Å². The number of ether oxygens (including phenoxy) is 2. The van der Waals surface area contributed by atoms with Gasteiger partial charge in [-0.25, -0.2) is 0 Å². The van der Waals surface area contributed by atoms with Crippen LogP contribution in [0.1, 0.15) is 28.4 Å². The van der Waals surface area contributed by atoms with Crippen LogP contribution in [-0.2, 0) is 13.1 Å². The van der Waals surface area contributed by atoms with E-state index < -0.39 is 0 Å². The first-order chi connectivity index (χ1) is 12.9. The highest BCUT2D eigenvalue weighted by atomic mass is 127. The molecule has 0 aliphatic rings. The Morgan fingerprint density at radius 2 is 1.48 bits per heavy atom. The molecule has 0 aliphatic heterocycles. The number of rotatable bonds is 8. The maximum Gasteiger partial charge on any atom is 0.255 e. The highest BCUT2D eigenvalue weighted by Crippen LogP contribution is 2.32. The molecule has 0 unspecified atom stereocenters. The molecule has 2 aromatic carbocycles. The number of carbonyl (C=O) groups is 1. The highest BCUT2D eigenvalue weighted by Gasteiger charge is 2.20. The molecule has 0 spiro atoms. The van der Waals surface area contributed by atoms with Gasteiger partial charge in [-0.3, -0.25) is 4.79 Å². The summed E-state index contributed by atoms with van der Waals surface area (Å²) in [4.78, 5) is 17.1. The maximum atomic E-state index is 13.1. The van der Waals surface area contributed by atoms with Crippen molar-refractivity contribution in [3.63, 3.8) is 0 Å². The van der Waals surface area contributed by atoms with E-state index in [4.69, 9.17) is 9.47 Å². The van der Waals surface area contributed by atoms with Gasteiger partial charge in [-0.1, -0.05) is 24.3 Å². The average molecular weight is 482 g/mol. The molecular formula is C21H27IN2O3. The van der Waals surface area contributed by atoms with Crippen molar-refractivity contribution in [3.05, 3.63) is 56.7 Å². The zero-order valence-electron chi connectivity index (χ0n) is 16.6. The van der Waals surface area contributed by atoms with Crippen LogP contribution in [0.2, 0.25) is 0 Å². The maximum absolute atomic E-state index is 13.1. The van der Waals surface area contributed by atoms with E-state index >= 15 is 0 Å². The second kappa shape index (κ2) is 9.94. The third-order valence-corrected chi connectivity index (χ3v) is 5.16. The Morgan fingerprint density at radius 1 is 0.963 bits per heavy atom. The van der Waals surface area contributed by atoms with Gasteiger partial charge in [0.2, 0.25) is 0 Å². The molecular weight excluding hydrogens is 455 g/mol. The molecule has 0 fully saturated rings. The van der Waals surface area contributed by atoms with Gasteiger partial charge >= 0.3 is 0 Å². The summed E-state index contributed by atoms with van der Waals surface area (Å²) in [5.74, 6) is 1.17. The van der Waals surface area contributed by atoms with Crippen molar-refractivity contribution in [1.29, 1.82) is 0 Å². The Morgan fingerprint density at radius 3 is 1.96 bits per heavy atom. The average Bonchev–Trinajstić information content (AvgIpc) is 2.66. The topological polar surface area (TPSA) is 42.0 Å². The third-order valence-electron chi connectivity index (χ3n) is 4.27. The van der Waals surface area contributed by atoms with Crippen LogP contribution in [0.3, 0.4) is 0 Å². The lowest BCUT2D eigenvalue weighted by atomic mass is 10.1. The molecule has 0 radical (unpaired) electrons. The van der Waals surface area contributed by atoms with E-state index in [1.807, 2.05) is 17.9 Å². The van der Waals surface area contributed by atoms with E-state index in [9.17, 15) is 4.79 Å². The Bertz CT molecular complexity index is 776. The summed E-state index contributed by atoms with van der Waals surface area (Å²) in [7, 11) is 7.27. The van der Waals surface area contributed by atoms with Gasteiger partial charge in [-0.15, -0.1) is 0 Å². The molecule has 5 nitrogen and oxygen atoms in total. The number of amides is 1. The summed E-state index contributed by atoms with van der Waals surface area (Å²) in [6, 6.07) is 12.0. The standard InChI is InChI=1S/C21H27IN2O3/c1-6-24(14-16-9-7-15(8-10-16)13-23(2)3)21(25)17-11-19(26-4)20(27-5)12-18(17)22/h7-12H,6,13-14H2,1-5H3. The molecule has 146 valence electrons. The van der Waals surface area contributed by atoms with Gasteiger partial charge in [0.25, 0.3) is 5.91 Å². The van der Waals surface area contributed by atoms with E-state index in [-0.39, 0.29) is 5.91 Å². The van der Waals surface area contributed by atoms with Gasteiger partial charge in [0.05, 0.1) is 19.8 Å². The van der Waals surface area contributed by atoms with Crippen molar-refractivity contribution >= 4 is 28.5 Å². The summed E-state index contributed by atoms with van der Waals surface area (Å²) in [6.07, 6.45) is 0. The predicted molar refractivity (Wildman–Crippen MR) is 117 cm³/mol. The number of methoxy groups -OCH3 is 2. The first-order valence-electron chi connectivity index (χ1n) is 8.82. The summed E-state index contributed by atoms with van der Waals surface area (Å²) >= 11 is 2.17. The van der Waals surface area contributed by atoms with Gasteiger partial charge in [-0.05, 0) is 66.9 Å². The lowest BCUT2D eigenvalue weighted by Crippen LogP contribution is -2.31. The summed E-state index contributed by atoms with van der Waals surface area (Å²) in [6.45, 7) is 4.09. The largest absolute Gasteiger partial charge is 0.493 e. The normalized spacial score (nSPS) is 10.8. The Kier molecular flexibility index (Phi) is 7.91. The van der Waals surface area contributed by atoms with Crippen LogP contribution in [-0.4, -0.2) is 50.6 Å². The van der Waals surface area contributed by atoms with E-state index in [1.54, 1.807) is 20.3 Å². The zero-order valence-corrected chi connectivity index (χ0v) is 18.7. The van der Waals surface area contributed by atoms with Crippen molar-refractivity contribution in [2.45, 2.75) is 20.0 Å². The summed E-state index contributed by atoms with van der Waals surface area (Å²) in [5.41, 5.74) is 3.00. The Hall–Kier alpha value is -1.80. The molecule has 0 N–H and O–H groups in total. The molecule has 0 saturated heterocycles. The van der Waals surface area contributed by atoms with E-state index in [1.165, 1.54) is 5.56 Å². The van der Waals surface area contributed by atoms with E-state index in [0.29, 0.717) is 30.2 Å². The fourth-order valence-electron chi connectivity index (χ4n) is 2.85. The first kappa shape index (κ1) is 21.5. The van der Waals surface area contributed by atoms with Crippen molar-refractivity contribution in [2.75, 3.05) is 34.9 Å². The van der Waals surface area contributed by atoms with Crippen LogP contribution in [0, 0.1) is 3.57 Å². The third kappa shape index (κ3) is 5.59. The van der Waals surface area contributed by atoms with Crippen molar-refractivity contribution in [2.24, 2.45) is 0 Å². The van der Waals surface area contributed by atoms with Crippen LogP contribution in [0.5, 0.6) is 11.5 Å². The van der Waals surface area contributed by atoms with Gasteiger partial charge in [0.15, 0.2) is 11.5 Å². The molecule has 0 bridgehead atoms. The van der Waals surface area contributed by atoms with Crippen molar-refractivity contribution < 1.29 is 14.3 Å². The van der Waals surface area contributed by atoms with Crippen LogP contribution >= 0.6 is 22.6 Å². The Labute approximate surface area is 175 Å². The minimum Gasteiger partial charge on any atom is -0.493 e. The minimum atomic E-state index is -0.0137. The van der Waals surface area contributed by atoms with Crippen molar-refractivity contribution in [1.82, 2.24) is 9.80 Å². The monoisotopic (exact) mass is 482 g/mol. The first-order valence-corrected chi connectivity index (χ1v) is 9.90. The molecule has 6 heteroatoms. The summed E-state index contributed by atoms with van der Waals surface area (Å²) in [5, 5.41) is 0. The molecule has 0 heterocycles. The molecule has 0 aliphatic carbocycles. The number of carbonyl (C=O) groups excluding carboxylic acids is 1. The smallest absolute Gasteiger partial charge is 0.255 e. The lowest BCUT2D eigenvalue weighted by Gasteiger charge is -2.22. The van der Waals surface area contributed by atoms with Gasteiger partial charge in [-0.2, -0.15) is 0 Å². The number of nitrogens with zero attached hydrogens (tertiary/aromatic N) is 2. The van der Waals surface area contributed by atoms with E-state index in [0.717, 1.165) is 15.7 Å². The van der Waals surface area contributed by atoms with Gasteiger partial charge < -0.3 is 19.3 Å². The van der Waals surface area contributed by atoms with Crippen LogP contribution in [0.4, 0.5) is 0 Å². The lowest BCUT2D eigenvalue weighted by molar-refractivity contribution is 0.0751. The van der Waals surface area contributed by atoms with Crippen LogP contribution in [0.15, 0.2) is 36.4 Å². The Balaban J connectivity index is 2.21. The number of benzene rings is 2. The predicted octanol–water partition coefficient (Wildman–Crippen LogP) is 4.03. The second-order valence-electron chi connectivity index (χ2n) is 6.56. The van der Waals surface area contributed by atoms with E-state index in [2.05, 4.69) is 65.9 Å². The fraction of sp³-hybridized carbons (Fsp3) is 0.381. The number of halogens is 1. The minimum absolute atomic E-state index is 0.0137. The quantitative estimate of drug-likeness (QED) is 0.533. The molecule has 27 heavy (non-hydrogen) atoms. The number of hydrogen-bond acceptors (Lipinski definition) is 4. The molecule has 2 rings (SSSR count). The van der Waals surface area contributed by atoms with Gasteiger partial charge in [0, 0.05) is 23.2 Å². The fourth-order valence-corrected chi connectivity index (χ4v) is 3.52. The SMILES string of the molecule is CCN(Cc1ccc(CN(C)C)cc1)C(=O)c1cc(OC)c(OC)cc1I. The number of hydrogen-bond donors (Lipinski definition) is 0. The molecule has 0 saturated carbocycles. The molecule has 0 aromatic heterocycles. The molecule has 2 aromatic rings. The zero-order chi connectivity index (χ0) is 20.0. The second-order valence-corrected chi connectivity index (χ2v) is 7.72. The molecule has 1 amide bonds. The summed E-state index contributed by atoms with van der Waals surface area (Å²) < 4.78 is 11.5.